The average molecular weight is 330 g/mol. The zero-order chi connectivity index (χ0) is 17.8. The number of likely N-dealkylation sites (N-methyl/N-ethyl adjacent to an activating group) is 1. The Morgan fingerprint density at radius 2 is 1.83 bits per heavy atom. The van der Waals surface area contributed by atoms with Gasteiger partial charge in [0.15, 0.2) is 5.60 Å². The molecule has 0 aromatic heterocycles. The number of rotatable bonds is 4. The maximum Gasteiger partial charge on any atom is 0.156 e. The van der Waals surface area contributed by atoms with Gasteiger partial charge < -0.3 is 10.2 Å². The van der Waals surface area contributed by atoms with E-state index in [-0.39, 0.29) is 6.04 Å². The lowest BCUT2D eigenvalue weighted by molar-refractivity contribution is -0.160. The summed E-state index contributed by atoms with van der Waals surface area (Å²) >= 11 is 0. The van der Waals surface area contributed by atoms with E-state index in [1.807, 2.05) is 25.2 Å². The highest BCUT2D eigenvalue weighted by Crippen LogP contribution is 2.40. The molecule has 1 heterocycles. The first-order valence-electron chi connectivity index (χ1n) is 8.75. The van der Waals surface area contributed by atoms with E-state index >= 15 is 0 Å². The maximum absolute atomic E-state index is 11.1. The van der Waals surface area contributed by atoms with Gasteiger partial charge in [-0.2, -0.15) is 0 Å². The Morgan fingerprint density at radius 1 is 1.21 bits per heavy atom. The van der Waals surface area contributed by atoms with E-state index in [1.54, 1.807) is 6.92 Å². The Bertz CT molecular complexity index is 587. The van der Waals surface area contributed by atoms with Crippen LogP contribution in [0.15, 0.2) is 30.3 Å². The topological polar surface area (TPSA) is 46.9 Å². The van der Waals surface area contributed by atoms with Crippen LogP contribution in [0.2, 0.25) is 0 Å². The van der Waals surface area contributed by atoms with Crippen molar-refractivity contribution in [1.82, 2.24) is 9.80 Å². The maximum atomic E-state index is 11.1. The van der Waals surface area contributed by atoms with Crippen molar-refractivity contribution in [2.45, 2.75) is 44.4 Å². The Morgan fingerprint density at radius 3 is 2.42 bits per heavy atom. The predicted octanol–water partition coefficient (Wildman–Crippen LogP) is 1.89. The molecule has 0 saturated carbocycles. The van der Waals surface area contributed by atoms with Crippen LogP contribution in [0, 0.1) is 11.8 Å². The van der Waals surface area contributed by atoms with Crippen LogP contribution in [-0.2, 0) is 0 Å². The molecule has 1 aliphatic heterocycles. The monoisotopic (exact) mass is 330 g/mol. The van der Waals surface area contributed by atoms with Crippen LogP contribution in [0.1, 0.15) is 38.8 Å². The van der Waals surface area contributed by atoms with Crippen molar-refractivity contribution in [2.75, 3.05) is 33.2 Å². The SMILES string of the molecule is CCN(CC)CC#CC1(O)CC(c2ccccc2)N(C)CC1(C)O. The van der Waals surface area contributed by atoms with Gasteiger partial charge in [-0.25, -0.2) is 0 Å². The Hall–Kier alpha value is -1.38. The van der Waals surface area contributed by atoms with Crippen molar-refractivity contribution in [3.63, 3.8) is 0 Å². The van der Waals surface area contributed by atoms with Gasteiger partial charge in [0.25, 0.3) is 0 Å². The van der Waals surface area contributed by atoms with E-state index in [0.29, 0.717) is 19.5 Å². The molecule has 0 amide bonds. The highest BCUT2D eigenvalue weighted by Gasteiger charge is 2.51. The van der Waals surface area contributed by atoms with Crippen LogP contribution in [0.4, 0.5) is 0 Å². The molecule has 24 heavy (non-hydrogen) atoms. The second-order valence-electron chi connectivity index (χ2n) is 6.94. The normalized spacial score (nSPS) is 30.9. The number of likely N-dealkylation sites (tertiary alicyclic amines) is 1. The molecule has 1 aliphatic rings. The van der Waals surface area contributed by atoms with Gasteiger partial charge >= 0.3 is 0 Å². The first kappa shape index (κ1) is 19.0. The second kappa shape index (κ2) is 7.67. The zero-order valence-corrected chi connectivity index (χ0v) is 15.3. The van der Waals surface area contributed by atoms with E-state index in [4.69, 9.17) is 0 Å². The third-order valence-corrected chi connectivity index (χ3v) is 5.15. The van der Waals surface area contributed by atoms with Crippen LogP contribution in [-0.4, -0.2) is 64.4 Å². The molecule has 1 aromatic carbocycles. The van der Waals surface area contributed by atoms with Gasteiger partial charge in [-0.3, -0.25) is 9.80 Å². The molecule has 1 saturated heterocycles. The van der Waals surface area contributed by atoms with Crippen molar-refractivity contribution in [2.24, 2.45) is 0 Å². The summed E-state index contributed by atoms with van der Waals surface area (Å²) in [6.07, 6.45) is 0.395. The first-order valence-corrected chi connectivity index (χ1v) is 8.75. The van der Waals surface area contributed by atoms with Crippen molar-refractivity contribution < 1.29 is 10.2 Å². The third kappa shape index (κ3) is 3.99. The van der Waals surface area contributed by atoms with Crippen LogP contribution >= 0.6 is 0 Å². The average Bonchev–Trinajstić information content (AvgIpc) is 2.56. The molecule has 0 spiro atoms. The molecule has 3 atom stereocenters. The summed E-state index contributed by atoms with van der Waals surface area (Å²) in [7, 11) is 1.98. The second-order valence-corrected chi connectivity index (χ2v) is 6.94. The van der Waals surface area contributed by atoms with Gasteiger partial charge in [-0.05, 0) is 32.6 Å². The van der Waals surface area contributed by atoms with Gasteiger partial charge in [0.2, 0.25) is 0 Å². The molecule has 3 unspecified atom stereocenters. The molecule has 0 aliphatic carbocycles. The van der Waals surface area contributed by atoms with Crippen LogP contribution in [0.5, 0.6) is 0 Å². The van der Waals surface area contributed by atoms with Crippen molar-refractivity contribution in [3.05, 3.63) is 35.9 Å². The fourth-order valence-electron chi connectivity index (χ4n) is 3.36. The minimum absolute atomic E-state index is 0.0409. The highest BCUT2D eigenvalue weighted by molar-refractivity contribution is 5.29. The number of nitrogens with zero attached hydrogens (tertiary/aromatic N) is 2. The lowest BCUT2D eigenvalue weighted by atomic mass is 9.74. The molecular weight excluding hydrogens is 300 g/mol. The molecule has 0 radical (unpaired) electrons. The van der Waals surface area contributed by atoms with Gasteiger partial charge in [0.05, 0.1) is 6.54 Å². The Labute approximate surface area is 146 Å². The minimum Gasteiger partial charge on any atom is -0.385 e. The van der Waals surface area contributed by atoms with E-state index < -0.39 is 11.2 Å². The van der Waals surface area contributed by atoms with Crippen LogP contribution < -0.4 is 0 Å². The van der Waals surface area contributed by atoms with E-state index in [0.717, 1.165) is 18.7 Å². The summed E-state index contributed by atoms with van der Waals surface area (Å²) in [6, 6.07) is 10.1. The molecular formula is C20H30N2O2. The molecule has 1 fully saturated rings. The van der Waals surface area contributed by atoms with E-state index in [1.165, 1.54) is 0 Å². The van der Waals surface area contributed by atoms with Crippen LogP contribution in [0.25, 0.3) is 0 Å². The summed E-state index contributed by atoms with van der Waals surface area (Å²) in [5, 5.41) is 21.9. The summed E-state index contributed by atoms with van der Waals surface area (Å²) in [4.78, 5) is 4.28. The van der Waals surface area contributed by atoms with Gasteiger partial charge in [0.1, 0.15) is 5.60 Å². The number of β-amino-alcohol motifs (C(OH)–C–C–N with tert-alkyl or cyclic N) is 1. The predicted molar refractivity (Wildman–Crippen MR) is 97.6 cm³/mol. The summed E-state index contributed by atoms with van der Waals surface area (Å²) in [5.74, 6) is 6.08. The minimum atomic E-state index is -1.41. The molecule has 132 valence electrons. The molecule has 2 N–H and O–H groups in total. The number of hydrogen-bond donors (Lipinski definition) is 2. The standard InChI is InChI=1S/C20H30N2O2/c1-5-22(6-2)14-10-13-20(24)15-18(17-11-8-7-9-12-17)21(4)16-19(20,3)23/h7-9,11-12,18,23-24H,5-6,14-16H2,1-4H3. The summed E-state index contributed by atoms with van der Waals surface area (Å²) in [6.45, 7) is 8.70. The van der Waals surface area contributed by atoms with Crippen molar-refractivity contribution in [1.29, 1.82) is 0 Å². The molecule has 0 bridgehead atoms. The van der Waals surface area contributed by atoms with Gasteiger partial charge in [0, 0.05) is 19.0 Å². The number of piperidine rings is 1. The molecule has 1 aromatic rings. The quantitative estimate of drug-likeness (QED) is 0.828. The first-order chi connectivity index (χ1) is 11.3. The third-order valence-electron chi connectivity index (χ3n) is 5.15. The smallest absolute Gasteiger partial charge is 0.156 e. The number of benzene rings is 1. The Kier molecular flexibility index (Phi) is 6.06. The number of hydrogen-bond acceptors (Lipinski definition) is 4. The van der Waals surface area contributed by atoms with E-state index in [9.17, 15) is 10.2 Å². The van der Waals surface area contributed by atoms with Crippen LogP contribution in [0.3, 0.4) is 0 Å². The molecule has 4 heteroatoms. The lowest BCUT2D eigenvalue weighted by Gasteiger charge is -2.49. The fraction of sp³-hybridized carbons (Fsp3) is 0.600. The van der Waals surface area contributed by atoms with Crippen molar-refractivity contribution in [3.8, 4) is 11.8 Å². The fourth-order valence-corrected chi connectivity index (χ4v) is 3.36. The molecule has 2 rings (SSSR count). The Balaban J connectivity index is 2.24. The summed E-state index contributed by atoms with van der Waals surface area (Å²) in [5.41, 5.74) is -1.53. The van der Waals surface area contributed by atoms with Gasteiger partial charge in [-0.15, -0.1) is 0 Å². The largest absolute Gasteiger partial charge is 0.385 e. The number of aliphatic hydroxyl groups is 2. The summed E-state index contributed by atoms with van der Waals surface area (Å²) < 4.78 is 0. The highest BCUT2D eigenvalue weighted by atomic mass is 16.4. The van der Waals surface area contributed by atoms with E-state index in [2.05, 4.69) is 47.6 Å². The van der Waals surface area contributed by atoms with Crippen molar-refractivity contribution >= 4 is 0 Å². The molecule has 4 nitrogen and oxygen atoms in total. The lowest BCUT2D eigenvalue weighted by Crippen LogP contribution is -2.62. The zero-order valence-electron chi connectivity index (χ0n) is 15.3. The van der Waals surface area contributed by atoms with Gasteiger partial charge in [-0.1, -0.05) is 56.0 Å².